The monoisotopic (exact) mass is 202 g/mol. The van der Waals surface area contributed by atoms with Gasteiger partial charge in [-0.15, -0.1) is 0 Å². The molecule has 0 bridgehead atoms. The molecule has 84 valence electrons. The third kappa shape index (κ3) is 13.5. The van der Waals surface area contributed by atoms with E-state index in [0.29, 0.717) is 13.0 Å². The third-order valence-electron chi connectivity index (χ3n) is 1.14. The van der Waals surface area contributed by atoms with Gasteiger partial charge in [0.15, 0.2) is 0 Å². The Balaban J connectivity index is 0. The molecule has 0 saturated carbocycles. The van der Waals surface area contributed by atoms with Gasteiger partial charge in [-0.05, 0) is 6.92 Å². The Kier molecular flexibility index (Phi) is 13.1. The first-order valence-corrected chi connectivity index (χ1v) is 5.15. The Morgan fingerprint density at radius 3 is 1.79 bits per heavy atom. The standard InChI is InChI=1S/C7H14N2O2.C3H8/c1-3-6(10)9-5-7(11)8-4-2;1-3-2/h3-5H2,1-2H3,(H,8,11)(H,9,10);3H2,1-2H3. The molecule has 0 aliphatic rings. The molecule has 0 rings (SSSR count). The van der Waals surface area contributed by atoms with Crippen molar-refractivity contribution in [1.82, 2.24) is 10.6 Å². The van der Waals surface area contributed by atoms with Crippen LogP contribution in [0.3, 0.4) is 0 Å². The topological polar surface area (TPSA) is 58.2 Å². The van der Waals surface area contributed by atoms with Crippen LogP contribution in [0.2, 0.25) is 0 Å². The van der Waals surface area contributed by atoms with E-state index in [9.17, 15) is 9.59 Å². The second kappa shape index (κ2) is 11.9. The van der Waals surface area contributed by atoms with Crippen molar-refractivity contribution < 1.29 is 9.59 Å². The molecule has 0 heterocycles. The van der Waals surface area contributed by atoms with Crippen LogP contribution in [0.25, 0.3) is 0 Å². The lowest BCUT2D eigenvalue weighted by molar-refractivity contribution is -0.125. The third-order valence-corrected chi connectivity index (χ3v) is 1.14. The Morgan fingerprint density at radius 2 is 1.43 bits per heavy atom. The van der Waals surface area contributed by atoms with Gasteiger partial charge in [-0.1, -0.05) is 27.2 Å². The maximum atomic E-state index is 10.7. The summed E-state index contributed by atoms with van der Waals surface area (Å²) in [6.07, 6.45) is 1.67. The zero-order chi connectivity index (χ0) is 11.4. The molecule has 4 heteroatoms. The number of rotatable bonds is 4. The molecule has 4 nitrogen and oxygen atoms in total. The highest BCUT2D eigenvalue weighted by Gasteiger charge is 2.00. The normalized spacial score (nSPS) is 8.29. The number of hydrogen-bond donors (Lipinski definition) is 2. The lowest BCUT2D eigenvalue weighted by atomic mass is 10.4. The van der Waals surface area contributed by atoms with E-state index in [-0.39, 0.29) is 18.4 Å². The highest BCUT2D eigenvalue weighted by molar-refractivity contribution is 5.84. The van der Waals surface area contributed by atoms with Crippen molar-refractivity contribution in [2.24, 2.45) is 0 Å². The van der Waals surface area contributed by atoms with Crippen LogP contribution in [-0.2, 0) is 9.59 Å². The van der Waals surface area contributed by atoms with Crippen molar-refractivity contribution in [3.8, 4) is 0 Å². The second-order valence-electron chi connectivity index (χ2n) is 2.79. The first-order chi connectivity index (χ1) is 6.62. The van der Waals surface area contributed by atoms with Gasteiger partial charge in [0, 0.05) is 13.0 Å². The molecule has 0 aromatic carbocycles. The average Bonchev–Trinajstić information content (AvgIpc) is 2.16. The molecule has 2 N–H and O–H groups in total. The maximum Gasteiger partial charge on any atom is 0.239 e. The van der Waals surface area contributed by atoms with Crippen LogP contribution in [0.15, 0.2) is 0 Å². The van der Waals surface area contributed by atoms with E-state index < -0.39 is 0 Å². The Morgan fingerprint density at radius 1 is 0.929 bits per heavy atom. The van der Waals surface area contributed by atoms with E-state index in [1.165, 1.54) is 6.42 Å². The summed E-state index contributed by atoms with van der Waals surface area (Å²) in [5.41, 5.74) is 0. The Bertz CT molecular complexity index is 158. The van der Waals surface area contributed by atoms with E-state index >= 15 is 0 Å². The second-order valence-corrected chi connectivity index (χ2v) is 2.79. The molecular weight excluding hydrogens is 180 g/mol. The fraction of sp³-hybridized carbons (Fsp3) is 0.800. The zero-order valence-corrected chi connectivity index (χ0v) is 9.64. The number of hydrogen-bond acceptors (Lipinski definition) is 2. The summed E-state index contributed by atoms with van der Waals surface area (Å²) in [4.78, 5) is 21.4. The lowest BCUT2D eigenvalue weighted by Gasteiger charge is -2.02. The minimum absolute atomic E-state index is 0.0838. The molecule has 0 unspecified atom stereocenters. The molecule has 0 aromatic heterocycles. The van der Waals surface area contributed by atoms with Gasteiger partial charge in [0.2, 0.25) is 11.8 Å². The van der Waals surface area contributed by atoms with Crippen molar-refractivity contribution in [3.05, 3.63) is 0 Å². The number of amides is 2. The van der Waals surface area contributed by atoms with Crippen LogP contribution in [0.4, 0.5) is 0 Å². The van der Waals surface area contributed by atoms with Gasteiger partial charge in [-0.2, -0.15) is 0 Å². The van der Waals surface area contributed by atoms with Crippen molar-refractivity contribution in [2.75, 3.05) is 13.1 Å². The van der Waals surface area contributed by atoms with Gasteiger partial charge in [0.25, 0.3) is 0 Å². The molecule has 0 fully saturated rings. The summed E-state index contributed by atoms with van der Waals surface area (Å²) in [5, 5.41) is 5.04. The largest absolute Gasteiger partial charge is 0.355 e. The zero-order valence-electron chi connectivity index (χ0n) is 9.64. The highest BCUT2D eigenvalue weighted by atomic mass is 16.2. The quantitative estimate of drug-likeness (QED) is 0.716. The molecule has 0 saturated heterocycles. The summed E-state index contributed by atoms with van der Waals surface area (Å²) in [5.74, 6) is -0.245. The first kappa shape index (κ1) is 15.4. The number of carbonyl (C=O) groups is 2. The summed E-state index contributed by atoms with van der Waals surface area (Å²) in [6.45, 7) is 8.51. The fourth-order valence-corrected chi connectivity index (χ4v) is 0.564. The summed E-state index contributed by atoms with van der Waals surface area (Å²) in [6, 6.07) is 0. The average molecular weight is 202 g/mol. The number of carbonyl (C=O) groups excluding carboxylic acids is 2. The van der Waals surface area contributed by atoms with Crippen LogP contribution < -0.4 is 10.6 Å². The van der Waals surface area contributed by atoms with Crippen LogP contribution in [0, 0.1) is 0 Å². The molecule has 14 heavy (non-hydrogen) atoms. The number of likely N-dealkylation sites (N-methyl/N-ethyl adjacent to an activating group) is 1. The van der Waals surface area contributed by atoms with E-state index in [2.05, 4.69) is 24.5 Å². The SMILES string of the molecule is CCC.CCNC(=O)CNC(=O)CC. The lowest BCUT2D eigenvalue weighted by Crippen LogP contribution is -2.36. The molecule has 0 spiro atoms. The van der Waals surface area contributed by atoms with E-state index in [1.807, 2.05) is 6.92 Å². The minimum Gasteiger partial charge on any atom is -0.355 e. The van der Waals surface area contributed by atoms with Gasteiger partial charge < -0.3 is 10.6 Å². The smallest absolute Gasteiger partial charge is 0.239 e. The van der Waals surface area contributed by atoms with E-state index in [1.54, 1.807) is 6.92 Å². The summed E-state index contributed by atoms with van der Waals surface area (Å²) < 4.78 is 0. The molecule has 2 amide bonds. The van der Waals surface area contributed by atoms with Gasteiger partial charge >= 0.3 is 0 Å². The predicted molar refractivity (Wildman–Crippen MR) is 57.9 cm³/mol. The Hall–Kier alpha value is -1.06. The summed E-state index contributed by atoms with van der Waals surface area (Å²) in [7, 11) is 0. The maximum absolute atomic E-state index is 10.7. The van der Waals surface area contributed by atoms with Gasteiger partial charge in [-0.3, -0.25) is 9.59 Å². The van der Waals surface area contributed by atoms with Crippen LogP contribution in [0.1, 0.15) is 40.5 Å². The van der Waals surface area contributed by atoms with Crippen LogP contribution in [0.5, 0.6) is 0 Å². The van der Waals surface area contributed by atoms with Gasteiger partial charge in [-0.25, -0.2) is 0 Å². The Labute approximate surface area is 86.5 Å². The van der Waals surface area contributed by atoms with Crippen LogP contribution >= 0.6 is 0 Å². The van der Waals surface area contributed by atoms with Crippen molar-refractivity contribution >= 4 is 11.8 Å². The number of nitrogens with one attached hydrogen (secondary N) is 2. The highest BCUT2D eigenvalue weighted by Crippen LogP contribution is 1.73. The van der Waals surface area contributed by atoms with Crippen molar-refractivity contribution in [1.29, 1.82) is 0 Å². The molecule has 0 aliphatic heterocycles. The first-order valence-electron chi connectivity index (χ1n) is 5.15. The molecule has 0 aliphatic carbocycles. The fourth-order valence-electron chi connectivity index (χ4n) is 0.564. The van der Waals surface area contributed by atoms with Gasteiger partial charge in [0.1, 0.15) is 0 Å². The summed E-state index contributed by atoms with van der Waals surface area (Å²) >= 11 is 0. The van der Waals surface area contributed by atoms with Crippen molar-refractivity contribution in [3.63, 3.8) is 0 Å². The van der Waals surface area contributed by atoms with Crippen molar-refractivity contribution in [2.45, 2.75) is 40.5 Å². The minimum atomic E-state index is -0.144. The molecule has 0 radical (unpaired) electrons. The van der Waals surface area contributed by atoms with Gasteiger partial charge in [0.05, 0.1) is 6.54 Å². The molecule has 0 aromatic rings. The predicted octanol–water partition coefficient (Wildman–Crippen LogP) is 1.06. The van der Waals surface area contributed by atoms with Crippen LogP contribution in [-0.4, -0.2) is 24.9 Å². The molecular formula is C10H22N2O2. The molecule has 0 atom stereocenters. The van der Waals surface area contributed by atoms with E-state index in [4.69, 9.17) is 0 Å². The van der Waals surface area contributed by atoms with E-state index in [0.717, 1.165) is 0 Å².